The average molecular weight is 645 g/mol. The third-order valence-corrected chi connectivity index (χ3v) is 8.81. The highest BCUT2D eigenvalue weighted by Gasteiger charge is 2.43. The smallest absolute Gasteiger partial charge is 0.437 e. The zero-order chi connectivity index (χ0) is 31.7. The van der Waals surface area contributed by atoms with Crippen molar-refractivity contribution in [2.45, 2.75) is 63.4 Å². The molecule has 2 saturated heterocycles. The van der Waals surface area contributed by atoms with E-state index in [-0.39, 0.29) is 28.9 Å². The number of carbonyl (C=O) groups excluding carboxylic acids is 1. The number of alkyl halides is 3. The fourth-order valence-electron chi connectivity index (χ4n) is 6.34. The van der Waals surface area contributed by atoms with Crippen LogP contribution in [0.4, 0.5) is 18.9 Å². The van der Waals surface area contributed by atoms with Crippen LogP contribution in [0.3, 0.4) is 0 Å². The molecule has 0 spiro atoms. The first kappa shape index (κ1) is 31.3. The van der Waals surface area contributed by atoms with Crippen LogP contribution in [-0.4, -0.2) is 77.2 Å². The maximum absolute atomic E-state index is 13.7. The van der Waals surface area contributed by atoms with Gasteiger partial charge >= 0.3 is 6.18 Å². The second kappa shape index (κ2) is 13.0. The van der Waals surface area contributed by atoms with Crippen LogP contribution in [0, 0.1) is 5.92 Å². The van der Waals surface area contributed by atoms with Gasteiger partial charge in [-0.1, -0.05) is 11.6 Å². The zero-order valence-electron chi connectivity index (χ0n) is 25.2. The number of anilines is 1. The number of carbonyl (C=O) groups is 1. The molecule has 3 fully saturated rings. The van der Waals surface area contributed by atoms with E-state index >= 15 is 0 Å². The Hall–Kier alpha value is -3.64. The zero-order valence-corrected chi connectivity index (χ0v) is 25.9. The van der Waals surface area contributed by atoms with Crippen LogP contribution in [0.5, 0.6) is 11.6 Å². The molecule has 240 valence electrons. The molecule has 1 N–H and O–H groups in total. The number of rotatable bonds is 9. The van der Waals surface area contributed by atoms with Gasteiger partial charge in [0.2, 0.25) is 5.88 Å². The first-order valence-electron chi connectivity index (χ1n) is 15.4. The van der Waals surface area contributed by atoms with Crippen molar-refractivity contribution in [3.05, 3.63) is 59.1 Å². The van der Waals surface area contributed by atoms with Gasteiger partial charge in [0.05, 0.1) is 23.6 Å². The predicted molar refractivity (Wildman–Crippen MR) is 164 cm³/mol. The molecule has 2 unspecified atom stereocenters. The molecule has 5 heterocycles. The highest BCUT2D eigenvalue weighted by molar-refractivity contribution is 6.29. The molecule has 1 saturated carbocycles. The largest absolute Gasteiger partial charge is 0.488 e. The summed E-state index contributed by atoms with van der Waals surface area (Å²) < 4.78 is 53.0. The number of aromatic nitrogens is 3. The fraction of sp³-hybridized carbons (Fsp3) is 0.500. The van der Waals surface area contributed by atoms with Crippen LogP contribution in [0.2, 0.25) is 5.15 Å². The second-order valence-electron chi connectivity index (χ2n) is 11.9. The van der Waals surface area contributed by atoms with Gasteiger partial charge in [-0.2, -0.15) is 13.2 Å². The molecule has 1 amide bonds. The maximum atomic E-state index is 13.7. The van der Waals surface area contributed by atoms with E-state index in [1.165, 1.54) is 12.1 Å². The van der Waals surface area contributed by atoms with E-state index in [9.17, 15) is 18.0 Å². The van der Waals surface area contributed by atoms with E-state index in [1.807, 2.05) is 26.1 Å². The Morgan fingerprint density at radius 3 is 2.62 bits per heavy atom. The minimum Gasteiger partial charge on any atom is -0.488 e. The molecule has 0 aromatic carbocycles. The normalized spacial score (nSPS) is 22.4. The molecule has 0 radical (unpaired) electrons. The van der Waals surface area contributed by atoms with Crippen molar-refractivity contribution in [1.82, 2.24) is 25.2 Å². The SMILES string of the molecule is CCOc1ncccc1-c1nc(C(=O)N[C@@H]2CCN(C)C2)ccc1N1CCC(Oc2ccc(Cl)nc2C(F)(F)F)CC1C1CC1. The lowest BCUT2D eigenvalue weighted by atomic mass is 9.93. The number of hydrogen-bond donors (Lipinski definition) is 1. The van der Waals surface area contributed by atoms with Crippen molar-refractivity contribution in [2.75, 3.05) is 38.2 Å². The van der Waals surface area contributed by atoms with E-state index in [2.05, 4.69) is 25.1 Å². The molecule has 9 nitrogen and oxygen atoms in total. The summed E-state index contributed by atoms with van der Waals surface area (Å²) in [5.74, 6) is 0.216. The summed E-state index contributed by atoms with van der Waals surface area (Å²) in [5, 5.41) is 2.87. The van der Waals surface area contributed by atoms with Crippen molar-refractivity contribution in [3.8, 4) is 22.9 Å². The van der Waals surface area contributed by atoms with Crippen molar-refractivity contribution in [1.29, 1.82) is 0 Å². The Bertz CT molecular complexity index is 1540. The van der Waals surface area contributed by atoms with Crippen molar-refractivity contribution in [2.24, 2.45) is 5.92 Å². The molecule has 6 rings (SSSR count). The van der Waals surface area contributed by atoms with Crippen LogP contribution in [0.15, 0.2) is 42.6 Å². The van der Waals surface area contributed by atoms with Crippen molar-refractivity contribution >= 4 is 23.2 Å². The van der Waals surface area contributed by atoms with E-state index in [4.69, 9.17) is 26.1 Å². The molecule has 3 aromatic heterocycles. The molecular weight excluding hydrogens is 609 g/mol. The highest BCUT2D eigenvalue weighted by atomic mass is 35.5. The summed E-state index contributed by atoms with van der Waals surface area (Å²) in [7, 11) is 2.03. The average Bonchev–Trinajstić information content (AvgIpc) is 3.79. The number of nitrogens with zero attached hydrogens (tertiary/aromatic N) is 5. The first-order valence-corrected chi connectivity index (χ1v) is 15.7. The Labute approximate surface area is 265 Å². The van der Waals surface area contributed by atoms with E-state index < -0.39 is 18.0 Å². The first-order chi connectivity index (χ1) is 21.6. The van der Waals surface area contributed by atoms with Gasteiger partial charge in [-0.15, -0.1) is 0 Å². The topological polar surface area (TPSA) is 92.7 Å². The van der Waals surface area contributed by atoms with Crippen LogP contribution in [0.1, 0.15) is 55.2 Å². The molecule has 2 aliphatic heterocycles. The Kier molecular flexibility index (Phi) is 9.05. The van der Waals surface area contributed by atoms with Gasteiger partial charge in [0.1, 0.15) is 17.0 Å². The summed E-state index contributed by atoms with van der Waals surface area (Å²) in [6.07, 6.45) is 0.415. The summed E-state index contributed by atoms with van der Waals surface area (Å²) in [6.45, 7) is 4.51. The van der Waals surface area contributed by atoms with E-state index in [0.717, 1.165) is 38.0 Å². The molecule has 3 atom stereocenters. The molecule has 1 aliphatic carbocycles. The van der Waals surface area contributed by atoms with Gasteiger partial charge in [-0.05, 0) is 82.1 Å². The molecule has 13 heteroatoms. The second-order valence-corrected chi connectivity index (χ2v) is 12.3. The third kappa shape index (κ3) is 7.12. The lowest BCUT2D eigenvalue weighted by molar-refractivity contribution is -0.143. The Balaban J connectivity index is 1.31. The van der Waals surface area contributed by atoms with Gasteiger partial charge in [-0.25, -0.2) is 15.0 Å². The van der Waals surface area contributed by atoms with E-state index in [0.29, 0.717) is 54.7 Å². The predicted octanol–water partition coefficient (Wildman–Crippen LogP) is 5.87. The van der Waals surface area contributed by atoms with Crippen LogP contribution < -0.4 is 19.7 Å². The number of pyridine rings is 3. The number of halogens is 4. The maximum Gasteiger partial charge on any atom is 0.437 e. The molecule has 45 heavy (non-hydrogen) atoms. The van der Waals surface area contributed by atoms with Crippen LogP contribution >= 0.6 is 11.6 Å². The number of amides is 1. The molecule has 0 bridgehead atoms. The van der Waals surface area contributed by atoms with Gasteiger partial charge in [0, 0.05) is 44.2 Å². The van der Waals surface area contributed by atoms with Crippen molar-refractivity contribution < 1.29 is 27.4 Å². The summed E-state index contributed by atoms with van der Waals surface area (Å²) in [4.78, 5) is 30.6. The number of ether oxygens (including phenoxy) is 2. The highest BCUT2D eigenvalue weighted by Crippen LogP contribution is 2.45. The standard InChI is InChI=1S/C32H36ClF3N6O3/c1-3-44-31-22(5-4-14-37-31)28-24(9-8-23(39-28)30(43)38-20-12-15-41(2)18-20)42-16-13-21(17-25(42)19-6-7-19)45-26-10-11-27(33)40-29(26)32(34,35)36/h4-5,8-11,14,19-21,25H,3,6-7,12-13,15-18H2,1-2H3,(H,38,43)/t20-,21?,25?/m1/s1. The summed E-state index contributed by atoms with van der Waals surface area (Å²) in [5.41, 5.74) is 1.24. The summed E-state index contributed by atoms with van der Waals surface area (Å²) in [6, 6.07) is 9.95. The minimum absolute atomic E-state index is 0.000173. The number of likely N-dealkylation sites (N-methyl/N-ethyl adjacent to an activating group) is 1. The van der Waals surface area contributed by atoms with Gasteiger partial charge < -0.3 is 24.6 Å². The lowest BCUT2D eigenvalue weighted by Gasteiger charge is -2.42. The summed E-state index contributed by atoms with van der Waals surface area (Å²) >= 11 is 5.78. The van der Waals surface area contributed by atoms with Gasteiger partial charge in [0.15, 0.2) is 11.4 Å². The molecule has 3 aromatic rings. The van der Waals surface area contributed by atoms with Crippen LogP contribution in [-0.2, 0) is 6.18 Å². The number of hydrogen-bond acceptors (Lipinski definition) is 8. The van der Waals surface area contributed by atoms with Crippen LogP contribution in [0.25, 0.3) is 11.3 Å². The lowest BCUT2D eigenvalue weighted by Crippen LogP contribution is -2.47. The molecule has 3 aliphatic rings. The Morgan fingerprint density at radius 1 is 1.09 bits per heavy atom. The quantitative estimate of drug-likeness (QED) is 0.289. The number of likely N-dealkylation sites (tertiary alicyclic amines) is 1. The number of nitrogens with one attached hydrogen (secondary N) is 1. The van der Waals surface area contributed by atoms with Gasteiger partial charge in [-0.3, -0.25) is 4.79 Å². The van der Waals surface area contributed by atoms with Crippen molar-refractivity contribution in [3.63, 3.8) is 0 Å². The number of piperidine rings is 1. The van der Waals surface area contributed by atoms with E-state index in [1.54, 1.807) is 18.3 Å². The Morgan fingerprint density at radius 2 is 1.91 bits per heavy atom. The van der Waals surface area contributed by atoms with Gasteiger partial charge in [0.25, 0.3) is 5.91 Å². The third-order valence-electron chi connectivity index (χ3n) is 8.60. The minimum atomic E-state index is -4.69. The monoisotopic (exact) mass is 644 g/mol. The molecular formula is C32H36ClF3N6O3. The fourth-order valence-corrected chi connectivity index (χ4v) is 6.49.